The molecule has 0 spiro atoms. The molecule has 1 fully saturated rings. The lowest BCUT2D eigenvalue weighted by atomic mass is 10.1. The molecular weight excluding hydrogens is 310 g/mol. The Hall–Kier alpha value is -1.66. The number of hydrogen-bond donors (Lipinski definition) is 0. The third-order valence-corrected chi connectivity index (χ3v) is 6.48. The number of nitrogens with zero attached hydrogens (tertiary/aromatic N) is 3. The number of aromatic nitrogens is 2. The molecule has 1 aromatic heterocycles. The number of rotatable bonds is 5. The second kappa shape index (κ2) is 6.45. The zero-order valence-electron chi connectivity index (χ0n) is 13.6. The number of aryl methyl sites for hydroxylation is 2. The third-order valence-electron chi connectivity index (χ3n) is 4.61. The van der Waals surface area contributed by atoms with Crippen molar-refractivity contribution in [2.75, 3.05) is 6.54 Å². The molecule has 23 heavy (non-hydrogen) atoms. The molecule has 3 rings (SSSR count). The van der Waals surface area contributed by atoms with Crippen molar-refractivity contribution in [2.24, 2.45) is 0 Å². The van der Waals surface area contributed by atoms with Crippen LogP contribution in [-0.2, 0) is 22.3 Å². The highest BCUT2D eigenvalue weighted by atomic mass is 32.2. The monoisotopic (exact) mass is 333 g/mol. The van der Waals surface area contributed by atoms with E-state index >= 15 is 0 Å². The molecule has 2 heterocycles. The fourth-order valence-corrected chi connectivity index (χ4v) is 5.15. The number of imidazole rings is 1. The molecule has 1 saturated heterocycles. The molecule has 1 atom stereocenters. The summed E-state index contributed by atoms with van der Waals surface area (Å²) in [6.45, 7) is 5.20. The molecule has 6 heteroatoms. The van der Waals surface area contributed by atoms with E-state index in [0.29, 0.717) is 13.1 Å². The van der Waals surface area contributed by atoms with Gasteiger partial charge in [-0.1, -0.05) is 24.3 Å². The highest BCUT2D eigenvalue weighted by Crippen LogP contribution is 2.25. The van der Waals surface area contributed by atoms with Crippen molar-refractivity contribution in [1.29, 1.82) is 0 Å². The lowest BCUT2D eigenvalue weighted by Gasteiger charge is -2.25. The number of hydrogen-bond acceptors (Lipinski definition) is 3. The van der Waals surface area contributed by atoms with Crippen LogP contribution in [0.4, 0.5) is 0 Å². The summed E-state index contributed by atoms with van der Waals surface area (Å²) >= 11 is 0. The van der Waals surface area contributed by atoms with Crippen LogP contribution in [0.5, 0.6) is 0 Å². The first-order chi connectivity index (χ1) is 11.0. The van der Waals surface area contributed by atoms with E-state index in [9.17, 15) is 8.42 Å². The zero-order valence-corrected chi connectivity index (χ0v) is 14.5. The highest BCUT2D eigenvalue weighted by Gasteiger charge is 2.34. The smallest absolute Gasteiger partial charge is 0.218 e. The molecule has 0 unspecified atom stereocenters. The Bertz CT molecular complexity index is 783. The standard InChI is InChI=1S/C17H23N3O2S/c1-14-6-3-4-7-16(14)13-23(21,22)20-10-5-8-17(20)12-19-11-9-18-15(19)2/h3-4,6-7,9,11,17H,5,8,10,12-13H2,1-2H3/t17-/m1/s1. The Kier molecular flexibility index (Phi) is 4.55. The van der Waals surface area contributed by atoms with Crippen molar-refractivity contribution in [1.82, 2.24) is 13.9 Å². The summed E-state index contributed by atoms with van der Waals surface area (Å²) in [5, 5.41) is 0. The van der Waals surface area contributed by atoms with Crippen molar-refractivity contribution in [2.45, 2.75) is 45.0 Å². The molecule has 1 aromatic carbocycles. The van der Waals surface area contributed by atoms with Gasteiger partial charge in [-0.15, -0.1) is 0 Å². The Balaban J connectivity index is 1.78. The molecule has 0 bridgehead atoms. The van der Waals surface area contributed by atoms with Crippen molar-refractivity contribution >= 4 is 10.0 Å². The van der Waals surface area contributed by atoms with E-state index in [1.54, 1.807) is 10.5 Å². The maximum absolute atomic E-state index is 12.9. The van der Waals surface area contributed by atoms with Crippen LogP contribution in [0.2, 0.25) is 0 Å². The summed E-state index contributed by atoms with van der Waals surface area (Å²) in [4.78, 5) is 4.22. The first-order valence-electron chi connectivity index (χ1n) is 7.99. The Labute approximate surface area is 138 Å². The van der Waals surface area contributed by atoms with Gasteiger partial charge in [-0.25, -0.2) is 13.4 Å². The molecule has 0 saturated carbocycles. The summed E-state index contributed by atoms with van der Waals surface area (Å²) in [6, 6.07) is 7.72. The fraction of sp³-hybridized carbons (Fsp3) is 0.471. The van der Waals surface area contributed by atoms with E-state index in [4.69, 9.17) is 0 Å². The number of benzene rings is 1. The zero-order chi connectivity index (χ0) is 16.4. The van der Waals surface area contributed by atoms with Gasteiger partial charge >= 0.3 is 0 Å². The molecule has 1 aliphatic rings. The summed E-state index contributed by atoms with van der Waals surface area (Å²) in [7, 11) is -3.30. The van der Waals surface area contributed by atoms with Crippen molar-refractivity contribution in [3.05, 3.63) is 53.6 Å². The average molecular weight is 333 g/mol. The molecular formula is C17H23N3O2S. The van der Waals surface area contributed by atoms with Crippen LogP contribution in [0.3, 0.4) is 0 Å². The second-order valence-corrected chi connectivity index (χ2v) is 8.14. The molecule has 0 amide bonds. The molecule has 5 nitrogen and oxygen atoms in total. The lowest BCUT2D eigenvalue weighted by Crippen LogP contribution is -2.38. The van der Waals surface area contributed by atoms with Gasteiger partial charge in [0, 0.05) is 31.5 Å². The van der Waals surface area contributed by atoms with Crippen molar-refractivity contribution in [3.63, 3.8) is 0 Å². The van der Waals surface area contributed by atoms with Gasteiger partial charge in [-0.2, -0.15) is 4.31 Å². The molecule has 124 valence electrons. The normalized spacial score (nSPS) is 19.3. The van der Waals surface area contributed by atoms with Crippen LogP contribution in [0.1, 0.15) is 29.8 Å². The maximum atomic E-state index is 12.9. The van der Waals surface area contributed by atoms with Crippen LogP contribution >= 0.6 is 0 Å². The topological polar surface area (TPSA) is 55.2 Å². The highest BCUT2D eigenvalue weighted by molar-refractivity contribution is 7.88. The van der Waals surface area contributed by atoms with Gasteiger partial charge in [0.1, 0.15) is 5.82 Å². The van der Waals surface area contributed by atoms with Gasteiger partial charge in [0.05, 0.1) is 5.75 Å². The minimum atomic E-state index is -3.30. The Morgan fingerprint density at radius 3 is 2.74 bits per heavy atom. The van der Waals surface area contributed by atoms with Crippen molar-refractivity contribution < 1.29 is 8.42 Å². The van der Waals surface area contributed by atoms with Gasteiger partial charge in [-0.3, -0.25) is 0 Å². The van der Waals surface area contributed by atoms with Gasteiger partial charge < -0.3 is 4.57 Å². The average Bonchev–Trinajstić information content (AvgIpc) is 3.12. The third kappa shape index (κ3) is 3.48. The van der Waals surface area contributed by atoms with E-state index in [1.165, 1.54) is 0 Å². The van der Waals surface area contributed by atoms with Crippen LogP contribution in [0.15, 0.2) is 36.7 Å². The summed E-state index contributed by atoms with van der Waals surface area (Å²) in [6.07, 6.45) is 5.51. The molecule has 0 aliphatic carbocycles. The minimum Gasteiger partial charge on any atom is -0.334 e. The lowest BCUT2D eigenvalue weighted by molar-refractivity contribution is 0.349. The van der Waals surface area contributed by atoms with Crippen LogP contribution in [-0.4, -0.2) is 34.9 Å². The Morgan fingerprint density at radius 1 is 1.26 bits per heavy atom. The quantitative estimate of drug-likeness (QED) is 0.845. The van der Waals surface area contributed by atoms with E-state index in [1.807, 2.05) is 48.9 Å². The van der Waals surface area contributed by atoms with E-state index in [0.717, 1.165) is 29.8 Å². The minimum absolute atomic E-state index is 0.0249. The Morgan fingerprint density at radius 2 is 2.04 bits per heavy atom. The van der Waals surface area contributed by atoms with Crippen molar-refractivity contribution in [3.8, 4) is 0 Å². The second-order valence-electron chi connectivity index (χ2n) is 6.22. The summed E-state index contributed by atoms with van der Waals surface area (Å²) in [5.74, 6) is 1.01. The summed E-state index contributed by atoms with van der Waals surface area (Å²) in [5.41, 5.74) is 1.91. The van der Waals surface area contributed by atoms with Gasteiger partial charge in [-0.05, 0) is 37.8 Å². The number of sulfonamides is 1. The fourth-order valence-electron chi connectivity index (χ4n) is 3.23. The van der Waals surface area contributed by atoms with Gasteiger partial charge in [0.15, 0.2) is 0 Å². The van der Waals surface area contributed by atoms with E-state index < -0.39 is 10.0 Å². The molecule has 2 aromatic rings. The largest absolute Gasteiger partial charge is 0.334 e. The molecule has 1 aliphatic heterocycles. The van der Waals surface area contributed by atoms with Gasteiger partial charge in [0.2, 0.25) is 10.0 Å². The molecule has 0 N–H and O–H groups in total. The first kappa shape index (κ1) is 16.2. The van der Waals surface area contributed by atoms with Gasteiger partial charge in [0.25, 0.3) is 0 Å². The predicted molar refractivity (Wildman–Crippen MR) is 90.5 cm³/mol. The van der Waals surface area contributed by atoms with Crippen LogP contribution in [0, 0.1) is 13.8 Å². The van der Waals surface area contributed by atoms with E-state index in [-0.39, 0.29) is 11.8 Å². The van der Waals surface area contributed by atoms with Crippen LogP contribution < -0.4 is 0 Å². The van der Waals surface area contributed by atoms with Crippen LogP contribution in [0.25, 0.3) is 0 Å². The summed E-state index contributed by atoms with van der Waals surface area (Å²) < 4.78 is 29.5. The first-order valence-corrected chi connectivity index (χ1v) is 9.60. The maximum Gasteiger partial charge on any atom is 0.218 e. The van der Waals surface area contributed by atoms with E-state index in [2.05, 4.69) is 4.98 Å². The SMILES string of the molecule is Cc1ccccc1CS(=O)(=O)N1CCC[C@@H]1Cn1ccnc1C. The predicted octanol–water partition coefficient (Wildman–Crippen LogP) is 2.49. The molecule has 0 radical (unpaired) electrons.